The lowest BCUT2D eigenvalue weighted by Gasteiger charge is -2.32. The van der Waals surface area contributed by atoms with Crippen LogP contribution in [0.2, 0.25) is 0 Å². The van der Waals surface area contributed by atoms with Crippen molar-refractivity contribution in [3.05, 3.63) is 42.5 Å². The average Bonchev–Trinajstić information content (AvgIpc) is 3.48. The smallest absolute Gasteiger partial charge is 0.241 e. The van der Waals surface area contributed by atoms with Crippen LogP contribution < -0.4 is 25.0 Å². The summed E-state index contributed by atoms with van der Waals surface area (Å²) in [6.07, 6.45) is 5.15. The quantitative estimate of drug-likeness (QED) is 0.381. The summed E-state index contributed by atoms with van der Waals surface area (Å²) >= 11 is 0. The van der Waals surface area contributed by atoms with Gasteiger partial charge in [-0.3, -0.25) is 4.79 Å². The molecule has 2 aromatic carbocycles. The Kier molecular flexibility index (Phi) is 8.55. The standard InChI is InChI=1S/C29H38N6O3/c1-3-4-5-19-37-28-24-20-23(12-13-25(24)32-29(33-28)35-17-15-34(2)16-18-35)38-22-10-8-21(9-11-22)31-27(36)26-7-6-14-30-26/h8-13,20,26,30H,3-7,14-19H2,1-2H3,(H,31,36)/t26-/m0/s1. The maximum absolute atomic E-state index is 12.4. The highest BCUT2D eigenvalue weighted by molar-refractivity contribution is 5.95. The SMILES string of the molecule is CCCCCOc1nc(N2CCN(C)CC2)nc2ccc(Oc3ccc(NC(=O)[C@@H]4CCCN4)cc3)cc12. The highest BCUT2D eigenvalue weighted by atomic mass is 16.5. The number of anilines is 2. The number of rotatable bonds is 10. The number of hydrogen-bond donors (Lipinski definition) is 2. The minimum atomic E-state index is -0.110. The van der Waals surface area contributed by atoms with Crippen LogP contribution in [0, 0.1) is 0 Å². The molecule has 2 fully saturated rings. The van der Waals surface area contributed by atoms with Crippen LogP contribution >= 0.6 is 0 Å². The molecule has 0 spiro atoms. The van der Waals surface area contributed by atoms with Crippen LogP contribution in [0.1, 0.15) is 39.0 Å². The second-order valence-electron chi connectivity index (χ2n) is 10.1. The number of likely N-dealkylation sites (N-methyl/N-ethyl adjacent to an activating group) is 1. The first kappa shape index (κ1) is 26.2. The van der Waals surface area contributed by atoms with Gasteiger partial charge in [0.15, 0.2) is 0 Å². The number of hydrogen-bond acceptors (Lipinski definition) is 8. The summed E-state index contributed by atoms with van der Waals surface area (Å²) in [6.45, 7) is 7.46. The van der Waals surface area contributed by atoms with Gasteiger partial charge in [0.1, 0.15) is 11.5 Å². The topological polar surface area (TPSA) is 91.8 Å². The molecule has 0 unspecified atom stereocenters. The number of ether oxygens (including phenoxy) is 2. The van der Waals surface area contributed by atoms with Gasteiger partial charge in [-0.2, -0.15) is 4.98 Å². The minimum absolute atomic E-state index is 0.00751. The molecule has 9 heteroatoms. The van der Waals surface area contributed by atoms with E-state index in [0.29, 0.717) is 24.0 Å². The van der Waals surface area contributed by atoms with Crippen molar-refractivity contribution in [2.24, 2.45) is 0 Å². The van der Waals surface area contributed by atoms with Crippen molar-refractivity contribution in [1.29, 1.82) is 0 Å². The van der Waals surface area contributed by atoms with Gasteiger partial charge in [-0.05, 0) is 75.3 Å². The third-order valence-electron chi connectivity index (χ3n) is 7.13. The van der Waals surface area contributed by atoms with Gasteiger partial charge >= 0.3 is 0 Å². The van der Waals surface area contributed by atoms with Gasteiger partial charge in [-0.15, -0.1) is 0 Å². The summed E-state index contributed by atoms with van der Waals surface area (Å²) in [5.41, 5.74) is 1.59. The number of amides is 1. The molecule has 2 saturated heterocycles. The Morgan fingerprint density at radius 1 is 1.05 bits per heavy atom. The van der Waals surface area contributed by atoms with E-state index >= 15 is 0 Å². The molecule has 1 atom stereocenters. The van der Waals surface area contributed by atoms with Crippen LogP contribution in [-0.2, 0) is 4.79 Å². The second kappa shape index (κ2) is 12.4. The van der Waals surface area contributed by atoms with Gasteiger partial charge in [0.05, 0.1) is 23.6 Å². The van der Waals surface area contributed by atoms with E-state index in [4.69, 9.17) is 19.4 Å². The third kappa shape index (κ3) is 6.52. The number of nitrogens with one attached hydrogen (secondary N) is 2. The van der Waals surface area contributed by atoms with Crippen molar-refractivity contribution >= 4 is 28.4 Å². The van der Waals surface area contributed by atoms with E-state index in [1.165, 1.54) is 0 Å². The lowest BCUT2D eigenvalue weighted by molar-refractivity contribution is -0.117. The molecule has 1 aromatic heterocycles. The number of nitrogens with zero attached hydrogens (tertiary/aromatic N) is 4. The average molecular weight is 519 g/mol. The fourth-order valence-corrected chi connectivity index (χ4v) is 4.79. The van der Waals surface area contributed by atoms with Gasteiger partial charge < -0.3 is 29.9 Å². The highest BCUT2D eigenvalue weighted by Crippen LogP contribution is 2.32. The molecule has 0 saturated carbocycles. The molecule has 38 heavy (non-hydrogen) atoms. The summed E-state index contributed by atoms with van der Waals surface area (Å²) in [5.74, 6) is 2.69. The summed E-state index contributed by atoms with van der Waals surface area (Å²) < 4.78 is 12.3. The fraction of sp³-hybridized carbons (Fsp3) is 0.483. The first-order valence-corrected chi connectivity index (χ1v) is 13.8. The molecule has 1 amide bonds. The molecular formula is C29H38N6O3. The van der Waals surface area contributed by atoms with Gasteiger partial charge in [0.2, 0.25) is 17.7 Å². The van der Waals surface area contributed by atoms with Crippen LogP contribution in [0.5, 0.6) is 17.4 Å². The molecule has 0 bridgehead atoms. The lowest BCUT2D eigenvalue weighted by atomic mass is 10.2. The molecular weight excluding hydrogens is 480 g/mol. The van der Waals surface area contributed by atoms with Crippen molar-refractivity contribution in [3.63, 3.8) is 0 Å². The van der Waals surface area contributed by atoms with E-state index in [-0.39, 0.29) is 11.9 Å². The van der Waals surface area contributed by atoms with Gasteiger partial charge in [0, 0.05) is 31.9 Å². The number of fused-ring (bicyclic) bond motifs is 1. The zero-order valence-corrected chi connectivity index (χ0v) is 22.4. The molecule has 3 heterocycles. The van der Waals surface area contributed by atoms with Crippen molar-refractivity contribution in [2.45, 2.75) is 45.1 Å². The fourth-order valence-electron chi connectivity index (χ4n) is 4.79. The normalized spacial score (nSPS) is 18.1. The van der Waals surface area contributed by atoms with Crippen molar-refractivity contribution in [3.8, 4) is 17.4 Å². The Labute approximate surface area is 224 Å². The predicted octanol–water partition coefficient (Wildman–Crippen LogP) is 4.43. The van der Waals surface area contributed by atoms with Crippen molar-refractivity contribution in [1.82, 2.24) is 20.2 Å². The Morgan fingerprint density at radius 3 is 2.58 bits per heavy atom. The Morgan fingerprint density at radius 2 is 1.84 bits per heavy atom. The molecule has 9 nitrogen and oxygen atoms in total. The van der Waals surface area contributed by atoms with E-state index in [1.807, 2.05) is 42.5 Å². The van der Waals surface area contributed by atoms with Crippen molar-refractivity contribution in [2.75, 3.05) is 56.6 Å². The number of benzene rings is 2. The van der Waals surface area contributed by atoms with Gasteiger partial charge in [0.25, 0.3) is 0 Å². The van der Waals surface area contributed by atoms with E-state index in [2.05, 4.69) is 34.4 Å². The van der Waals surface area contributed by atoms with Gasteiger partial charge in [-0.25, -0.2) is 4.98 Å². The number of carbonyl (C=O) groups is 1. The molecule has 2 N–H and O–H groups in total. The zero-order chi connectivity index (χ0) is 26.3. The van der Waals surface area contributed by atoms with Crippen LogP contribution in [0.25, 0.3) is 10.9 Å². The summed E-state index contributed by atoms with van der Waals surface area (Å²) in [5, 5.41) is 7.03. The van der Waals surface area contributed by atoms with E-state index < -0.39 is 0 Å². The molecule has 2 aliphatic heterocycles. The van der Waals surface area contributed by atoms with E-state index in [1.54, 1.807) is 0 Å². The summed E-state index contributed by atoms with van der Waals surface area (Å²) in [4.78, 5) is 26.6. The van der Waals surface area contributed by atoms with Crippen LogP contribution in [-0.4, -0.2) is 73.2 Å². The molecule has 202 valence electrons. The molecule has 0 aliphatic carbocycles. The monoisotopic (exact) mass is 518 g/mol. The predicted molar refractivity (Wildman–Crippen MR) is 150 cm³/mol. The Balaban J connectivity index is 1.32. The molecule has 0 radical (unpaired) electrons. The van der Waals surface area contributed by atoms with Crippen molar-refractivity contribution < 1.29 is 14.3 Å². The first-order chi connectivity index (χ1) is 18.6. The lowest BCUT2D eigenvalue weighted by Crippen LogP contribution is -2.45. The summed E-state index contributed by atoms with van der Waals surface area (Å²) in [7, 11) is 2.14. The maximum atomic E-state index is 12.4. The van der Waals surface area contributed by atoms with Crippen LogP contribution in [0.15, 0.2) is 42.5 Å². The molecule has 2 aliphatic rings. The summed E-state index contributed by atoms with van der Waals surface area (Å²) in [6, 6.07) is 13.2. The Bertz CT molecular complexity index is 1220. The third-order valence-corrected chi connectivity index (χ3v) is 7.13. The van der Waals surface area contributed by atoms with E-state index in [9.17, 15) is 4.79 Å². The largest absolute Gasteiger partial charge is 0.477 e. The van der Waals surface area contributed by atoms with E-state index in [0.717, 1.165) is 87.4 Å². The number of piperazine rings is 1. The number of carbonyl (C=O) groups excluding carboxylic acids is 1. The van der Waals surface area contributed by atoms with Crippen LogP contribution in [0.3, 0.4) is 0 Å². The molecule has 3 aromatic rings. The Hall–Kier alpha value is -3.43. The first-order valence-electron chi connectivity index (χ1n) is 13.8. The second-order valence-corrected chi connectivity index (χ2v) is 10.1. The number of unbranched alkanes of at least 4 members (excludes halogenated alkanes) is 2. The van der Waals surface area contributed by atoms with Crippen LogP contribution in [0.4, 0.5) is 11.6 Å². The minimum Gasteiger partial charge on any atom is -0.477 e. The highest BCUT2D eigenvalue weighted by Gasteiger charge is 2.22. The molecule has 5 rings (SSSR count). The van der Waals surface area contributed by atoms with Gasteiger partial charge in [-0.1, -0.05) is 19.8 Å². The number of aromatic nitrogens is 2. The maximum Gasteiger partial charge on any atom is 0.241 e. The zero-order valence-electron chi connectivity index (χ0n) is 22.4.